The molecule has 0 unspecified atom stereocenters. The molecule has 4 nitrogen and oxygen atoms in total. The molecule has 2 aromatic carbocycles. The lowest BCUT2D eigenvalue weighted by atomic mass is 9.96. The number of β-amino-alcohol motifs (C(OH)–C–C–N with tert-alkyl or cyclic N) is 1. The topological polar surface area (TPSA) is 52.2 Å². The molecule has 2 N–H and O–H groups in total. The molecule has 7 heteroatoms. The molecule has 0 aliphatic carbocycles. The monoisotopic (exact) mass is 419 g/mol. The first kappa shape index (κ1) is 19.6. The Morgan fingerprint density at radius 2 is 2.00 bits per heavy atom. The van der Waals surface area contributed by atoms with Crippen molar-refractivity contribution in [2.24, 2.45) is 5.92 Å². The molecule has 1 aliphatic rings. The highest BCUT2D eigenvalue weighted by Gasteiger charge is 2.23. The number of hydrogen-bond donors (Lipinski definition) is 2. The average molecular weight is 420 g/mol. The maximum absolute atomic E-state index is 13.4. The Labute approximate surface area is 172 Å². The van der Waals surface area contributed by atoms with E-state index in [2.05, 4.69) is 9.47 Å². The fourth-order valence-electron chi connectivity index (χ4n) is 3.92. The summed E-state index contributed by atoms with van der Waals surface area (Å²) >= 11 is 7.53. The number of rotatable bonds is 5. The standard InChI is InChI=1S/C21H23ClFN3OS/c22-16-4-5-18-20(11-16)28-21(24)26(18)12-14-6-8-25(9-7-14)13-19(27)15-2-1-3-17(23)10-15/h1-5,10-11,14,19,24,27H,6-9,12-13H2/t19-/m1/s1. The molecule has 1 aliphatic heterocycles. The van der Waals surface area contributed by atoms with Gasteiger partial charge in [0.15, 0.2) is 4.80 Å². The number of hydrogen-bond acceptors (Lipinski definition) is 4. The lowest BCUT2D eigenvalue weighted by Gasteiger charge is -2.33. The highest BCUT2D eigenvalue weighted by Crippen LogP contribution is 2.26. The number of halogens is 2. The molecule has 0 amide bonds. The number of thiazole rings is 1. The normalized spacial score (nSPS) is 17.2. The van der Waals surface area contributed by atoms with Crippen molar-refractivity contribution in [1.29, 1.82) is 5.41 Å². The minimum absolute atomic E-state index is 0.317. The van der Waals surface area contributed by atoms with Crippen LogP contribution >= 0.6 is 22.9 Å². The Hall–Kier alpha value is -1.73. The first-order valence-corrected chi connectivity index (χ1v) is 10.7. The van der Waals surface area contributed by atoms with Gasteiger partial charge >= 0.3 is 0 Å². The number of aliphatic hydroxyl groups excluding tert-OH is 1. The summed E-state index contributed by atoms with van der Waals surface area (Å²) in [7, 11) is 0. The van der Waals surface area contributed by atoms with E-state index >= 15 is 0 Å². The van der Waals surface area contributed by atoms with Crippen LogP contribution in [0, 0.1) is 17.1 Å². The summed E-state index contributed by atoms with van der Waals surface area (Å²) < 4.78 is 16.5. The molecule has 0 spiro atoms. The van der Waals surface area contributed by atoms with Gasteiger partial charge in [0.25, 0.3) is 0 Å². The summed E-state index contributed by atoms with van der Waals surface area (Å²) in [5.74, 6) is 0.188. The van der Waals surface area contributed by atoms with Crippen LogP contribution in [0.15, 0.2) is 42.5 Å². The number of benzene rings is 2. The van der Waals surface area contributed by atoms with Crippen molar-refractivity contribution in [3.8, 4) is 0 Å². The molecule has 0 bridgehead atoms. The van der Waals surface area contributed by atoms with Gasteiger partial charge in [0.1, 0.15) is 5.82 Å². The van der Waals surface area contributed by atoms with Crippen molar-refractivity contribution >= 4 is 33.2 Å². The molecular weight excluding hydrogens is 397 g/mol. The molecule has 0 saturated carbocycles. The first-order chi connectivity index (χ1) is 13.5. The lowest BCUT2D eigenvalue weighted by molar-refractivity contribution is 0.0865. The summed E-state index contributed by atoms with van der Waals surface area (Å²) in [5.41, 5.74) is 1.70. The Morgan fingerprint density at radius 1 is 1.21 bits per heavy atom. The van der Waals surface area contributed by atoms with Gasteiger partial charge in [-0.1, -0.05) is 35.1 Å². The molecule has 3 aromatic rings. The van der Waals surface area contributed by atoms with E-state index < -0.39 is 6.10 Å². The van der Waals surface area contributed by atoms with E-state index in [0.29, 0.717) is 27.9 Å². The van der Waals surface area contributed by atoms with Crippen LogP contribution in [0.1, 0.15) is 24.5 Å². The molecule has 28 heavy (non-hydrogen) atoms. The minimum Gasteiger partial charge on any atom is -0.387 e. The molecule has 1 saturated heterocycles. The number of nitrogens with zero attached hydrogens (tertiary/aromatic N) is 2. The van der Waals surface area contributed by atoms with Gasteiger partial charge in [-0.2, -0.15) is 0 Å². The second-order valence-corrected chi connectivity index (χ2v) is 8.91. The van der Waals surface area contributed by atoms with Crippen LogP contribution < -0.4 is 4.80 Å². The van der Waals surface area contributed by atoms with Crippen LogP contribution in [-0.4, -0.2) is 34.2 Å². The van der Waals surface area contributed by atoms with E-state index in [1.165, 1.54) is 23.5 Å². The summed E-state index contributed by atoms with van der Waals surface area (Å²) in [5, 5.41) is 19.4. The van der Waals surface area contributed by atoms with Crippen molar-refractivity contribution in [2.75, 3.05) is 19.6 Å². The second-order valence-electron chi connectivity index (χ2n) is 7.44. The Balaban J connectivity index is 1.36. The number of nitrogens with one attached hydrogen (secondary N) is 1. The van der Waals surface area contributed by atoms with Gasteiger partial charge in [-0.3, -0.25) is 5.41 Å². The fraction of sp³-hybridized carbons (Fsp3) is 0.381. The predicted molar refractivity (Wildman–Crippen MR) is 111 cm³/mol. The molecule has 1 aromatic heterocycles. The molecule has 1 atom stereocenters. The molecule has 0 radical (unpaired) electrons. The zero-order chi connectivity index (χ0) is 19.7. The predicted octanol–water partition coefficient (Wildman–Crippen LogP) is 4.42. The molecule has 148 valence electrons. The number of likely N-dealkylation sites (tertiary alicyclic amines) is 1. The number of aliphatic hydroxyl groups is 1. The molecule has 1 fully saturated rings. The quantitative estimate of drug-likeness (QED) is 0.643. The van der Waals surface area contributed by atoms with Crippen molar-refractivity contribution in [1.82, 2.24) is 9.47 Å². The highest BCUT2D eigenvalue weighted by atomic mass is 35.5. The van der Waals surface area contributed by atoms with Gasteiger partial charge in [-0.05, 0) is 67.7 Å². The average Bonchev–Trinajstić information content (AvgIpc) is 2.97. The largest absolute Gasteiger partial charge is 0.387 e. The fourth-order valence-corrected chi connectivity index (χ4v) is 5.11. The van der Waals surface area contributed by atoms with Crippen LogP contribution in [0.2, 0.25) is 5.02 Å². The zero-order valence-electron chi connectivity index (χ0n) is 15.4. The number of piperidine rings is 1. The van der Waals surface area contributed by atoms with E-state index in [1.54, 1.807) is 12.1 Å². The van der Waals surface area contributed by atoms with Crippen LogP contribution in [0.5, 0.6) is 0 Å². The Morgan fingerprint density at radius 3 is 2.75 bits per heavy atom. The maximum Gasteiger partial charge on any atom is 0.182 e. The summed E-state index contributed by atoms with van der Waals surface area (Å²) in [6.45, 7) is 3.16. The van der Waals surface area contributed by atoms with Crippen LogP contribution in [0.4, 0.5) is 4.39 Å². The van der Waals surface area contributed by atoms with Crippen molar-refractivity contribution < 1.29 is 9.50 Å². The summed E-state index contributed by atoms with van der Waals surface area (Å²) in [6.07, 6.45) is 1.37. The molecule has 4 rings (SSSR count). The SMILES string of the molecule is N=c1sc2cc(Cl)ccc2n1CC1CCN(C[C@@H](O)c2cccc(F)c2)CC1. The van der Waals surface area contributed by atoms with Crippen LogP contribution in [0.25, 0.3) is 10.2 Å². The molecular formula is C21H23ClFN3OS. The lowest BCUT2D eigenvalue weighted by Crippen LogP contribution is -2.38. The van der Waals surface area contributed by atoms with Crippen LogP contribution in [-0.2, 0) is 6.54 Å². The summed E-state index contributed by atoms with van der Waals surface area (Å²) in [6, 6.07) is 12.0. The van der Waals surface area contributed by atoms with Crippen molar-refractivity contribution in [3.63, 3.8) is 0 Å². The third-order valence-electron chi connectivity index (χ3n) is 5.48. The van der Waals surface area contributed by atoms with E-state index in [0.717, 1.165) is 42.7 Å². The van der Waals surface area contributed by atoms with Gasteiger partial charge < -0.3 is 14.6 Å². The third-order valence-corrected chi connectivity index (χ3v) is 6.67. The Kier molecular flexibility index (Phi) is 5.83. The van der Waals surface area contributed by atoms with Gasteiger partial charge in [0, 0.05) is 18.1 Å². The van der Waals surface area contributed by atoms with Gasteiger partial charge in [-0.25, -0.2) is 4.39 Å². The first-order valence-electron chi connectivity index (χ1n) is 9.49. The van der Waals surface area contributed by atoms with Gasteiger partial charge in [-0.15, -0.1) is 0 Å². The zero-order valence-corrected chi connectivity index (χ0v) is 17.0. The van der Waals surface area contributed by atoms with Crippen molar-refractivity contribution in [2.45, 2.75) is 25.5 Å². The van der Waals surface area contributed by atoms with Crippen molar-refractivity contribution in [3.05, 3.63) is 63.7 Å². The molecule has 2 heterocycles. The third kappa shape index (κ3) is 4.30. The van der Waals surface area contributed by atoms with Crippen LogP contribution in [0.3, 0.4) is 0 Å². The van der Waals surface area contributed by atoms with Gasteiger partial charge in [0.05, 0.1) is 16.3 Å². The van der Waals surface area contributed by atoms with E-state index in [-0.39, 0.29) is 5.82 Å². The second kappa shape index (κ2) is 8.33. The van der Waals surface area contributed by atoms with Gasteiger partial charge in [0.2, 0.25) is 0 Å². The smallest absolute Gasteiger partial charge is 0.182 e. The number of fused-ring (bicyclic) bond motifs is 1. The van der Waals surface area contributed by atoms with E-state index in [9.17, 15) is 9.50 Å². The van der Waals surface area contributed by atoms with E-state index in [4.69, 9.17) is 17.0 Å². The maximum atomic E-state index is 13.4. The Bertz CT molecular complexity index is 1030. The highest BCUT2D eigenvalue weighted by molar-refractivity contribution is 7.16. The number of aromatic nitrogens is 1. The van der Waals surface area contributed by atoms with E-state index in [1.807, 2.05) is 18.2 Å². The minimum atomic E-state index is -0.674. The summed E-state index contributed by atoms with van der Waals surface area (Å²) in [4.78, 5) is 2.80.